The van der Waals surface area contributed by atoms with Crippen molar-refractivity contribution in [2.45, 2.75) is 40.0 Å². The predicted molar refractivity (Wildman–Crippen MR) is 84.2 cm³/mol. The number of hydrogen-bond acceptors (Lipinski definition) is 3. The van der Waals surface area contributed by atoms with Crippen LogP contribution in [0.2, 0.25) is 0 Å². The Morgan fingerprint density at radius 3 is 2.60 bits per heavy atom. The molecule has 1 N–H and O–H groups in total. The van der Waals surface area contributed by atoms with Gasteiger partial charge in [0, 0.05) is 24.7 Å². The van der Waals surface area contributed by atoms with Crippen molar-refractivity contribution in [2.24, 2.45) is 0 Å². The van der Waals surface area contributed by atoms with Crippen molar-refractivity contribution in [3.05, 3.63) is 53.0 Å². The lowest BCUT2D eigenvalue weighted by Gasteiger charge is -2.10. The molecule has 3 nitrogen and oxygen atoms in total. The molecule has 106 valence electrons. The molecular formula is C17H23N3. The summed E-state index contributed by atoms with van der Waals surface area (Å²) in [4.78, 5) is 9.28. The molecule has 0 saturated heterocycles. The average Bonchev–Trinajstić information content (AvgIpc) is 2.47. The summed E-state index contributed by atoms with van der Waals surface area (Å²) >= 11 is 0. The van der Waals surface area contributed by atoms with Crippen molar-refractivity contribution in [3.8, 4) is 0 Å². The first kappa shape index (κ1) is 14.5. The van der Waals surface area contributed by atoms with E-state index in [1.165, 1.54) is 11.1 Å². The molecule has 0 unspecified atom stereocenters. The van der Waals surface area contributed by atoms with Gasteiger partial charge in [-0.1, -0.05) is 38.1 Å². The number of nitrogens with one attached hydrogen (secondary N) is 1. The molecule has 1 heterocycles. The first-order valence-corrected chi connectivity index (χ1v) is 7.38. The van der Waals surface area contributed by atoms with E-state index in [2.05, 4.69) is 66.4 Å². The molecule has 2 rings (SSSR count). The highest BCUT2D eigenvalue weighted by Gasteiger charge is 2.06. The van der Waals surface area contributed by atoms with Crippen LogP contribution in [0.25, 0.3) is 0 Å². The van der Waals surface area contributed by atoms with Crippen molar-refractivity contribution in [2.75, 3.05) is 11.9 Å². The standard InChI is InChI=1S/C17H23N3/c1-4-10-18-16-12-15(5-2)19-17(20-16)11-14-9-7-6-8-13(14)3/h6-9,12H,4-5,10-11H2,1-3H3,(H,18,19,20). The number of anilines is 1. The molecule has 0 aliphatic carbocycles. The first-order valence-electron chi connectivity index (χ1n) is 7.38. The normalized spacial score (nSPS) is 10.6. The van der Waals surface area contributed by atoms with E-state index in [-0.39, 0.29) is 0 Å². The SMILES string of the molecule is CCCNc1cc(CC)nc(Cc2ccccc2C)n1. The van der Waals surface area contributed by atoms with Gasteiger partial charge in [-0.25, -0.2) is 9.97 Å². The summed E-state index contributed by atoms with van der Waals surface area (Å²) in [5, 5.41) is 3.36. The van der Waals surface area contributed by atoms with E-state index in [1.807, 2.05) is 0 Å². The Morgan fingerprint density at radius 1 is 1.10 bits per heavy atom. The molecule has 2 aromatic rings. The number of aryl methyl sites for hydroxylation is 2. The zero-order valence-corrected chi connectivity index (χ0v) is 12.6. The van der Waals surface area contributed by atoms with Crippen molar-refractivity contribution in [3.63, 3.8) is 0 Å². The van der Waals surface area contributed by atoms with E-state index >= 15 is 0 Å². The van der Waals surface area contributed by atoms with E-state index in [1.54, 1.807) is 0 Å². The third-order valence-electron chi connectivity index (χ3n) is 3.35. The lowest BCUT2D eigenvalue weighted by molar-refractivity contribution is 0.889. The Kier molecular flexibility index (Phi) is 5.10. The maximum absolute atomic E-state index is 4.65. The van der Waals surface area contributed by atoms with Gasteiger partial charge >= 0.3 is 0 Å². The molecule has 1 aromatic heterocycles. The van der Waals surface area contributed by atoms with Crippen molar-refractivity contribution >= 4 is 5.82 Å². The average molecular weight is 269 g/mol. The Morgan fingerprint density at radius 2 is 1.90 bits per heavy atom. The second kappa shape index (κ2) is 7.04. The molecule has 20 heavy (non-hydrogen) atoms. The molecule has 0 saturated carbocycles. The van der Waals surface area contributed by atoms with Crippen LogP contribution in [0.15, 0.2) is 30.3 Å². The minimum Gasteiger partial charge on any atom is -0.370 e. The van der Waals surface area contributed by atoms with Gasteiger partial charge < -0.3 is 5.32 Å². The Hall–Kier alpha value is -1.90. The minimum absolute atomic E-state index is 0.793. The quantitative estimate of drug-likeness (QED) is 0.867. The van der Waals surface area contributed by atoms with E-state index in [9.17, 15) is 0 Å². The second-order valence-electron chi connectivity index (χ2n) is 5.04. The van der Waals surface area contributed by atoms with Crippen LogP contribution in [0.4, 0.5) is 5.82 Å². The highest BCUT2D eigenvalue weighted by atomic mass is 15.0. The first-order chi connectivity index (χ1) is 9.72. The topological polar surface area (TPSA) is 37.8 Å². The van der Waals surface area contributed by atoms with Crippen LogP contribution in [0.5, 0.6) is 0 Å². The summed E-state index contributed by atoms with van der Waals surface area (Å²) in [6, 6.07) is 10.5. The van der Waals surface area contributed by atoms with Crippen molar-refractivity contribution < 1.29 is 0 Å². The Bertz CT molecular complexity index is 564. The van der Waals surface area contributed by atoms with Gasteiger partial charge in [0.1, 0.15) is 11.6 Å². The summed E-state index contributed by atoms with van der Waals surface area (Å²) in [5.74, 6) is 1.85. The molecule has 3 heteroatoms. The van der Waals surface area contributed by atoms with Crippen LogP contribution in [-0.4, -0.2) is 16.5 Å². The summed E-state index contributed by atoms with van der Waals surface area (Å²) in [6.45, 7) is 7.37. The number of nitrogens with zero attached hydrogens (tertiary/aromatic N) is 2. The van der Waals surface area contributed by atoms with Crippen LogP contribution in [0.3, 0.4) is 0 Å². The highest BCUT2D eigenvalue weighted by molar-refractivity contribution is 5.37. The van der Waals surface area contributed by atoms with Gasteiger partial charge in [-0.05, 0) is 30.9 Å². The van der Waals surface area contributed by atoms with Crippen LogP contribution in [0, 0.1) is 6.92 Å². The Labute approximate surface area is 121 Å². The number of rotatable bonds is 6. The third kappa shape index (κ3) is 3.80. The molecular weight excluding hydrogens is 246 g/mol. The highest BCUT2D eigenvalue weighted by Crippen LogP contribution is 2.14. The van der Waals surface area contributed by atoms with E-state index in [0.29, 0.717) is 0 Å². The van der Waals surface area contributed by atoms with Crippen LogP contribution >= 0.6 is 0 Å². The molecule has 0 fully saturated rings. The molecule has 0 bridgehead atoms. The predicted octanol–water partition coefficient (Wildman–Crippen LogP) is 3.76. The lowest BCUT2D eigenvalue weighted by atomic mass is 10.1. The Balaban J connectivity index is 2.24. The van der Waals surface area contributed by atoms with Gasteiger partial charge in [-0.2, -0.15) is 0 Å². The largest absolute Gasteiger partial charge is 0.370 e. The molecule has 1 aromatic carbocycles. The maximum atomic E-state index is 4.65. The van der Waals surface area contributed by atoms with Gasteiger partial charge in [0.15, 0.2) is 0 Å². The van der Waals surface area contributed by atoms with Gasteiger partial charge in [0.05, 0.1) is 0 Å². The van der Waals surface area contributed by atoms with E-state index in [0.717, 1.165) is 43.1 Å². The molecule has 0 aliphatic heterocycles. The van der Waals surface area contributed by atoms with Gasteiger partial charge in [0.2, 0.25) is 0 Å². The van der Waals surface area contributed by atoms with Gasteiger partial charge in [0.25, 0.3) is 0 Å². The zero-order valence-electron chi connectivity index (χ0n) is 12.6. The summed E-state index contributed by atoms with van der Waals surface area (Å²) < 4.78 is 0. The number of aromatic nitrogens is 2. The maximum Gasteiger partial charge on any atom is 0.135 e. The minimum atomic E-state index is 0.793. The lowest BCUT2D eigenvalue weighted by Crippen LogP contribution is -2.08. The fourth-order valence-corrected chi connectivity index (χ4v) is 2.13. The summed E-state index contributed by atoms with van der Waals surface area (Å²) in [5.41, 5.74) is 3.69. The summed E-state index contributed by atoms with van der Waals surface area (Å²) in [6.07, 6.45) is 2.82. The molecule has 0 aliphatic rings. The van der Waals surface area contributed by atoms with Crippen molar-refractivity contribution in [1.29, 1.82) is 0 Å². The monoisotopic (exact) mass is 269 g/mol. The number of benzene rings is 1. The number of hydrogen-bond donors (Lipinski definition) is 1. The fraction of sp³-hybridized carbons (Fsp3) is 0.412. The molecule has 0 amide bonds. The van der Waals surface area contributed by atoms with Crippen LogP contribution in [0.1, 0.15) is 42.9 Å². The van der Waals surface area contributed by atoms with Crippen LogP contribution < -0.4 is 5.32 Å². The summed E-state index contributed by atoms with van der Waals surface area (Å²) in [7, 11) is 0. The zero-order chi connectivity index (χ0) is 14.4. The molecule has 0 radical (unpaired) electrons. The molecule has 0 atom stereocenters. The van der Waals surface area contributed by atoms with E-state index < -0.39 is 0 Å². The van der Waals surface area contributed by atoms with E-state index in [4.69, 9.17) is 0 Å². The van der Waals surface area contributed by atoms with Crippen LogP contribution in [-0.2, 0) is 12.8 Å². The smallest absolute Gasteiger partial charge is 0.135 e. The fourth-order valence-electron chi connectivity index (χ4n) is 2.13. The molecule has 0 spiro atoms. The van der Waals surface area contributed by atoms with Gasteiger partial charge in [-0.15, -0.1) is 0 Å². The third-order valence-corrected chi connectivity index (χ3v) is 3.35. The second-order valence-corrected chi connectivity index (χ2v) is 5.04. The van der Waals surface area contributed by atoms with Crippen molar-refractivity contribution in [1.82, 2.24) is 9.97 Å². The van der Waals surface area contributed by atoms with Gasteiger partial charge in [-0.3, -0.25) is 0 Å².